The lowest BCUT2D eigenvalue weighted by Gasteiger charge is -2.18. The predicted molar refractivity (Wildman–Crippen MR) is 98.8 cm³/mol. The molecule has 0 radical (unpaired) electrons. The third-order valence-electron chi connectivity index (χ3n) is 3.95. The molecule has 0 fully saturated rings. The van der Waals surface area contributed by atoms with Crippen molar-refractivity contribution in [2.45, 2.75) is 6.54 Å². The summed E-state index contributed by atoms with van der Waals surface area (Å²) < 4.78 is 1.05. The average Bonchev–Trinajstić information content (AvgIpc) is 3.08. The molecule has 24 heavy (non-hydrogen) atoms. The first-order chi connectivity index (χ1) is 11.6. The number of rotatable bonds is 3. The zero-order valence-electron chi connectivity index (χ0n) is 12.7. The molecule has 4 nitrogen and oxygen atoms in total. The van der Waals surface area contributed by atoms with Crippen LogP contribution in [0.3, 0.4) is 0 Å². The minimum absolute atomic E-state index is 0.195. The van der Waals surface area contributed by atoms with Crippen LogP contribution in [0.2, 0.25) is 5.02 Å². The number of nitrogens with zero attached hydrogens (tertiary/aromatic N) is 2. The molecule has 0 amide bonds. The van der Waals surface area contributed by atoms with E-state index >= 15 is 0 Å². The van der Waals surface area contributed by atoms with Crippen molar-refractivity contribution in [1.29, 1.82) is 5.41 Å². The van der Waals surface area contributed by atoms with Crippen molar-refractivity contribution < 1.29 is 5.11 Å². The Morgan fingerprint density at radius 1 is 1.21 bits per heavy atom. The summed E-state index contributed by atoms with van der Waals surface area (Å²) in [6.07, 6.45) is 0. The molecule has 1 aliphatic rings. The Morgan fingerprint density at radius 3 is 2.83 bits per heavy atom. The number of amidine groups is 1. The second kappa shape index (κ2) is 5.92. The lowest BCUT2D eigenvalue weighted by Crippen LogP contribution is -2.26. The molecule has 0 unspecified atom stereocenters. The lowest BCUT2D eigenvalue weighted by molar-refractivity contribution is 0.347. The molecule has 1 aromatic heterocycles. The van der Waals surface area contributed by atoms with Crippen LogP contribution in [0.25, 0.3) is 15.8 Å². The van der Waals surface area contributed by atoms with E-state index in [0.29, 0.717) is 34.5 Å². The Bertz CT molecular complexity index is 946. The highest BCUT2D eigenvalue weighted by molar-refractivity contribution is 7.19. The van der Waals surface area contributed by atoms with Gasteiger partial charge < -0.3 is 10.0 Å². The van der Waals surface area contributed by atoms with Gasteiger partial charge in [-0.15, -0.1) is 11.3 Å². The van der Waals surface area contributed by atoms with Crippen molar-refractivity contribution in [3.05, 3.63) is 69.9 Å². The molecular formula is C18H14ClN3OS. The van der Waals surface area contributed by atoms with E-state index in [9.17, 15) is 5.11 Å². The summed E-state index contributed by atoms with van der Waals surface area (Å²) in [5.41, 5.74) is 2.42. The topological polar surface area (TPSA) is 60.2 Å². The number of thiazole rings is 1. The van der Waals surface area contributed by atoms with E-state index in [-0.39, 0.29) is 5.76 Å². The number of hydrogen-bond donors (Lipinski definition) is 2. The van der Waals surface area contributed by atoms with Gasteiger partial charge in [-0.3, -0.25) is 5.41 Å². The van der Waals surface area contributed by atoms with Gasteiger partial charge in [0.05, 0.1) is 22.3 Å². The van der Waals surface area contributed by atoms with Gasteiger partial charge in [0.1, 0.15) is 16.6 Å². The molecule has 2 N–H and O–H groups in total. The van der Waals surface area contributed by atoms with Crippen molar-refractivity contribution in [2.24, 2.45) is 0 Å². The summed E-state index contributed by atoms with van der Waals surface area (Å²) in [7, 11) is 0. The van der Waals surface area contributed by atoms with Crippen molar-refractivity contribution in [3.63, 3.8) is 0 Å². The Labute approximate surface area is 148 Å². The maximum atomic E-state index is 10.4. The van der Waals surface area contributed by atoms with Crippen molar-refractivity contribution in [3.8, 4) is 0 Å². The number of aliphatic hydroxyl groups is 1. The maximum absolute atomic E-state index is 10.4. The van der Waals surface area contributed by atoms with Crippen molar-refractivity contribution in [1.82, 2.24) is 9.88 Å². The normalized spacial score (nSPS) is 14.9. The SMILES string of the molecule is N=C1C(c2nc3ccccc3s2)=C(O)CN1Cc1cccc(Cl)c1. The highest BCUT2D eigenvalue weighted by Gasteiger charge is 2.30. The summed E-state index contributed by atoms with van der Waals surface area (Å²) in [5, 5.41) is 20.2. The monoisotopic (exact) mass is 355 g/mol. The molecule has 0 saturated carbocycles. The molecule has 0 bridgehead atoms. The first-order valence-electron chi connectivity index (χ1n) is 7.48. The van der Waals surface area contributed by atoms with Crippen LogP contribution in [0.1, 0.15) is 10.6 Å². The average molecular weight is 356 g/mol. The van der Waals surface area contributed by atoms with Crippen LogP contribution >= 0.6 is 22.9 Å². The van der Waals surface area contributed by atoms with Crippen LogP contribution < -0.4 is 0 Å². The van der Waals surface area contributed by atoms with E-state index in [1.54, 1.807) is 0 Å². The van der Waals surface area contributed by atoms with E-state index in [2.05, 4.69) is 4.98 Å². The van der Waals surface area contributed by atoms with E-state index < -0.39 is 0 Å². The van der Waals surface area contributed by atoms with Crippen LogP contribution in [0.4, 0.5) is 0 Å². The Balaban J connectivity index is 1.63. The van der Waals surface area contributed by atoms with Crippen LogP contribution in [0.15, 0.2) is 54.3 Å². The van der Waals surface area contributed by atoms with Gasteiger partial charge in [-0.2, -0.15) is 0 Å². The van der Waals surface area contributed by atoms with E-state index in [1.807, 2.05) is 53.4 Å². The number of halogens is 1. The number of aromatic nitrogens is 1. The van der Waals surface area contributed by atoms with Gasteiger partial charge in [0.2, 0.25) is 0 Å². The summed E-state index contributed by atoms with van der Waals surface area (Å²) in [6.45, 7) is 0.842. The van der Waals surface area contributed by atoms with Crippen LogP contribution in [0.5, 0.6) is 0 Å². The zero-order chi connectivity index (χ0) is 16.7. The molecule has 2 aromatic carbocycles. The molecule has 0 aliphatic carbocycles. The van der Waals surface area contributed by atoms with Crippen LogP contribution in [-0.2, 0) is 6.54 Å². The Kier molecular flexibility index (Phi) is 3.75. The summed E-state index contributed by atoms with van der Waals surface area (Å²) in [5.74, 6) is 0.493. The van der Waals surface area contributed by atoms with Crippen LogP contribution in [-0.4, -0.2) is 27.4 Å². The number of nitrogens with one attached hydrogen (secondary N) is 1. The second-order valence-electron chi connectivity index (χ2n) is 5.64. The fourth-order valence-corrected chi connectivity index (χ4v) is 4.07. The van der Waals surface area contributed by atoms with Gasteiger partial charge in [-0.25, -0.2) is 4.98 Å². The lowest BCUT2D eigenvalue weighted by atomic mass is 10.2. The van der Waals surface area contributed by atoms with E-state index in [1.165, 1.54) is 11.3 Å². The molecule has 0 spiro atoms. The maximum Gasteiger partial charge on any atom is 0.135 e. The first kappa shape index (κ1) is 15.2. The summed E-state index contributed by atoms with van der Waals surface area (Å²) >= 11 is 7.52. The van der Waals surface area contributed by atoms with Gasteiger partial charge >= 0.3 is 0 Å². The highest BCUT2D eigenvalue weighted by atomic mass is 35.5. The molecular weight excluding hydrogens is 342 g/mol. The number of hydrogen-bond acceptors (Lipinski definition) is 4. The molecule has 1 aliphatic heterocycles. The van der Waals surface area contributed by atoms with Gasteiger partial charge in [-0.05, 0) is 29.8 Å². The molecule has 4 rings (SSSR count). The third-order valence-corrected chi connectivity index (χ3v) is 5.24. The van der Waals surface area contributed by atoms with Crippen LogP contribution in [0, 0.1) is 5.41 Å². The third kappa shape index (κ3) is 2.66. The summed E-state index contributed by atoms with van der Waals surface area (Å²) in [6, 6.07) is 15.4. The molecule has 0 saturated heterocycles. The number of para-hydroxylation sites is 1. The largest absolute Gasteiger partial charge is 0.510 e. The molecule has 3 aromatic rings. The number of benzene rings is 2. The Morgan fingerprint density at radius 2 is 2.04 bits per heavy atom. The molecule has 6 heteroatoms. The molecule has 120 valence electrons. The van der Waals surface area contributed by atoms with Crippen molar-refractivity contribution >= 4 is 44.6 Å². The Hall–Kier alpha value is -2.37. The fraction of sp³-hybridized carbons (Fsp3) is 0.111. The second-order valence-corrected chi connectivity index (χ2v) is 7.11. The predicted octanol–water partition coefficient (Wildman–Crippen LogP) is 4.71. The van der Waals surface area contributed by atoms with Gasteiger partial charge in [0, 0.05) is 11.6 Å². The van der Waals surface area contributed by atoms with E-state index in [0.717, 1.165) is 15.8 Å². The number of aliphatic hydroxyl groups excluding tert-OH is 1. The quantitative estimate of drug-likeness (QED) is 0.715. The highest BCUT2D eigenvalue weighted by Crippen LogP contribution is 2.33. The zero-order valence-corrected chi connectivity index (χ0v) is 14.2. The molecule has 0 atom stereocenters. The molecule has 2 heterocycles. The smallest absolute Gasteiger partial charge is 0.135 e. The number of fused-ring (bicyclic) bond motifs is 1. The first-order valence-corrected chi connectivity index (χ1v) is 8.67. The van der Waals surface area contributed by atoms with Gasteiger partial charge in [0.15, 0.2) is 0 Å². The minimum atomic E-state index is 0.195. The minimum Gasteiger partial charge on any atom is -0.510 e. The standard InChI is InChI=1S/C18H14ClN3OS/c19-12-5-3-4-11(8-12)9-22-10-14(23)16(17(22)20)18-21-13-6-1-2-7-15(13)24-18/h1-8,20,23H,9-10H2. The van der Waals surface area contributed by atoms with E-state index in [4.69, 9.17) is 17.0 Å². The summed E-state index contributed by atoms with van der Waals surface area (Å²) in [4.78, 5) is 6.39. The fourth-order valence-electron chi connectivity index (χ4n) is 2.83. The van der Waals surface area contributed by atoms with Crippen molar-refractivity contribution in [2.75, 3.05) is 6.54 Å². The van der Waals surface area contributed by atoms with Gasteiger partial charge in [-0.1, -0.05) is 35.9 Å². The van der Waals surface area contributed by atoms with Gasteiger partial charge in [0.25, 0.3) is 0 Å².